The van der Waals surface area contributed by atoms with Crippen molar-refractivity contribution >= 4 is 118 Å². The highest BCUT2D eigenvalue weighted by atomic mass is 32.1. The average Bonchev–Trinajstić information content (AvgIpc) is 1.93. The Bertz CT molecular complexity index is 5730. The van der Waals surface area contributed by atoms with Gasteiger partial charge in [-0.3, -0.25) is 0 Å². The van der Waals surface area contributed by atoms with E-state index in [9.17, 15) is 0 Å². The fourth-order valence-corrected chi connectivity index (χ4v) is 15.8. The molecule has 0 fully saturated rings. The van der Waals surface area contributed by atoms with Crippen molar-refractivity contribution in [2.75, 3.05) is 0 Å². The summed E-state index contributed by atoms with van der Waals surface area (Å²) in [5.74, 6) is 0. The Balaban J connectivity index is 0.762. The summed E-state index contributed by atoms with van der Waals surface area (Å²) in [6.45, 7) is 0. The molecular formula is C84H51NS. The molecule has 0 aliphatic rings. The minimum atomic E-state index is 1.16. The lowest BCUT2D eigenvalue weighted by Crippen LogP contribution is -1.93. The predicted molar refractivity (Wildman–Crippen MR) is 371 cm³/mol. The molecule has 18 aromatic rings. The van der Waals surface area contributed by atoms with Gasteiger partial charge in [0.05, 0.1) is 11.0 Å². The smallest absolute Gasteiger partial charge is 0.0541 e. The molecule has 1 nitrogen and oxygen atoms in total. The third-order valence-electron chi connectivity index (χ3n) is 18.4. The SMILES string of the molecule is c1ccc(-c2cccc3c2sc2c(-c4cccc(-c5ccc6c7ccccc7c7ccccc7c6c5)c4)ccc(-c4ccc5c6cc(-c7cccc(-c8ccc(-n9c%10ccccc%10c%10ccccc%109)cc8)c7)ccc6c6ccccc6c5c4)c23)cc1. The third kappa shape index (κ3) is 7.57. The second-order valence-electron chi connectivity index (χ2n) is 23.0. The summed E-state index contributed by atoms with van der Waals surface area (Å²) in [5, 5.41) is 20.4. The summed E-state index contributed by atoms with van der Waals surface area (Å²) in [5.41, 5.74) is 18.2. The highest BCUT2D eigenvalue weighted by Crippen LogP contribution is 2.50. The number of thiophene rings is 1. The Kier molecular flexibility index (Phi) is 10.9. The second kappa shape index (κ2) is 19.3. The number of hydrogen-bond donors (Lipinski definition) is 0. The zero-order valence-corrected chi connectivity index (χ0v) is 47.6. The molecule has 2 heterocycles. The van der Waals surface area contributed by atoms with Crippen LogP contribution in [0.5, 0.6) is 0 Å². The van der Waals surface area contributed by atoms with Crippen molar-refractivity contribution in [1.82, 2.24) is 4.57 Å². The lowest BCUT2D eigenvalue weighted by Gasteiger charge is -2.15. The van der Waals surface area contributed by atoms with Gasteiger partial charge in [0, 0.05) is 36.6 Å². The molecule has 0 aliphatic heterocycles. The number of nitrogens with zero attached hydrogens (tertiary/aromatic N) is 1. The molecule has 0 atom stereocenters. The van der Waals surface area contributed by atoms with Crippen LogP contribution < -0.4 is 0 Å². The fourth-order valence-electron chi connectivity index (χ4n) is 14.4. The summed E-state index contributed by atoms with van der Waals surface area (Å²) in [7, 11) is 0. The molecule has 0 radical (unpaired) electrons. The summed E-state index contributed by atoms with van der Waals surface area (Å²) >= 11 is 1.93. The number of para-hydroxylation sites is 2. The van der Waals surface area contributed by atoms with Gasteiger partial charge in [-0.25, -0.2) is 0 Å². The fraction of sp³-hybridized carbons (Fsp3) is 0. The van der Waals surface area contributed by atoms with Crippen molar-refractivity contribution < 1.29 is 0 Å². The van der Waals surface area contributed by atoms with Crippen molar-refractivity contribution in [3.63, 3.8) is 0 Å². The van der Waals surface area contributed by atoms with E-state index in [1.807, 2.05) is 11.3 Å². The Morgan fingerprint density at radius 2 is 0.535 bits per heavy atom. The van der Waals surface area contributed by atoms with Crippen LogP contribution in [0.3, 0.4) is 0 Å². The summed E-state index contributed by atoms with van der Waals surface area (Å²) < 4.78 is 4.98. The molecule has 2 heteroatoms. The van der Waals surface area contributed by atoms with Gasteiger partial charge in [0.1, 0.15) is 0 Å². The molecule has 398 valence electrons. The lowest BCUT2D eigenvalue weighted by atomic mass is 9.88. The number of benzene rings is 16. The number of hydrogen-bond acceptors (Lipinski definition) is 1. The third-order valence-corrected chi connectivity index (χ3v) is 19.6. The van der Waals surface area contributed by atoms with Gasteiger partial charge in [-0.2, -0.15) is 0 Å². The van der Waals surface area contributed by atoms with Crippen LogP contribution in [0.1, 0.15) is 0 Å². The minimum Gasteiger partial charge on any atom is -0.309 e. The van der Waals surface area contributed by atoms with E-state index in [0.717, 1.165) is 5.69 Å². The molecule has 0 saturated heterocycles. The van der Waals surface area contributed by atoms with Crippen molar-refractivity contribution in [2.24, 2.45) is 0 Å². The van der Waals surface area contributed by atoms with E-state index in [4.69, 9.17) is 0 Å². The normalized spacial score (nSPS) is 12.0. The van der Waals surface area contributed by atoms with E-state index < -0.39 is 0 Å². The first-order valence-electron chi connectivity index (χ1n) is 29.7. The van der Waals surface area contributed by atoms with E-state index in [0.29, 0.717) is 0 Å². The zero-order chi connectivity index (χ0) is 56.4. The van der Waals surface area contributed by atoms with Gasteiger partial charge in [0.2, 0.25) is 0 Å². The van der Waals surface area contributed by atoms with Gasteiger partial charge in [0.25, 0.3) is 0 Å². The summed E-state index contributed by atoms with van der Waals surface area (Å²) in [4.78, 5) is 0. The van der Waals surface area contributed by atoms with Crippen molar-refractivity contribution in [1.29, 1.82) is 0 Å². The van der Waals surface area contributed by atoms with Crippen molar-refractivity contribution in [3.05, 3.63) is 309 Å². The van der Waals surface area contributed by atoms with Crippen LogP contribution in [0, 0.1) is 0 Å². The summed E-state index contributed by atoms with van der Waals surface area (Å²) in [6.07, 6.45) is 0. The Labute approximate surface area is 501 Å². The number of fused-ring (bicyclic) bond motifs is 18. The topological polar surface area (TPSA) is 4.93 Å². The van der Waals surface area contributed by atoms with E-state index in [1.165, 1.54) is 173 Å². The van der Waals surface area contributed by atoms with Crippen LogP contribution >= 0.6 is 11.3 Å². The van der Waals surface area contributed by atoms with E-state index >= 15 is 0 Å². The van der Waals surface area contributed by atoms with Crippen LogP contribution in [0.2, 0.25) is 0 Å². The molecule has 0 spiro atoms. The molecule has 18 rings (SSSR count). The van der Waals surface area contributed by atoms with Crippen LogP contribution in [0.25, 0.3) is 179 Å². The molecule has 0 saturated carbocycles. The molecule has 2 aromatic heterocycles. The molecule has 16 aromatic carbocycles. The monoisotopic (exact) mass is 1110 g/mol. The van der Waals surface area contributed by atoms with Crippen LogP contribution in [-0.2, 0) is 0 Å². The first-order valence-corrected chi connectivity index (χ1v) is 30.5. The minimum absolute atomic E-state index is 1.16. The van der Waals surface area contributed by atoms with Gasteiger partial charge in [-0.05, 0) is 186 Å². The van der Waals surface area contributed by atoms with Crippen LogP contribution in [-0.4, -0.2) is 4.57 Å². The molecule has 0 amide bonds. The highest BCUT2D eigenvalue weighted by Gasteiger charge is 2.21. The number of rotatable bonds is 7. The van der Waals surface area contributed by atoms with Crippen molar-refractivity contribution in [3.8, 4) is 72.4 Å². The van der Waals surface area contributed by atoms with Gasteiger partial charge >= 0.3 is 0 Å². The molecule has 0 bridgehead atoms. The van der Waals surface area contributed by atoms with Gasteiger partial charge < -0.3 is 4.57 Å². The first-order chi connectivity index (χ1) is 42.6. The first kappa shape index (κ1) is 48.6. The maximum absolute atomic E-state index is 2.47. The van der Waals surface area contributed by atoms with Crippen LogP contribution in [0.4, 0.5) is 0 Å². The highest BCUT2D eigenvalue weighted by molar-refractivity contribution is 7.27. The average molecular weight is 1110 g/mol. The van der Waals surface area contributed by atoms with Crippen LogP contribution in [0.15, 0.2) is 309 Å². The standard InChI is InChI=1S/C84H51NS/c1-2-17-53(18-3-1)63-31-16-32-76-82-62(45-46-64(84(82)86-83(63)76)59-22-15-21-56(48-59)58-38-42-71-67-25-5-4-23-65(67)66-24-6-8-27-69(66)77(71)49-58)60-39-44-73-78-50-57(37-43-72(78)68-26-7-9-28-70(68)79(73)51-60)55-20-14-19-54(47-55)52-35-40-61(41-36-52)85-80-33-12-10-29-74(80)75-30-11-13-34-81(75)85/h1-51H. The molecule has 86 heavy (non-hydrogen) atoms. The molecule has 0 N–H and O–H groups in total. The lowest BCUT2D eigenvalue weighted by molar-refractivity contribution is 1.18. The van der Waals surface area contributed by atoms with Crippen molar-refractivity contribution in [2.45, 2.75) is 0 Å². The Morgan fingerprint density at radius 1 is 0.186 bits per heavy atom. The predicted octanol–water partition coefficient (Wildman–Crippen LogP) is 24.1. The zero-order valence-electron chi connectivity index (χ0n) is 46.8. The molecular weight excluding hydrogens is 1050 g/mol. The van der Waals surface area contributed by atoms with Gasteiger partial charge in [-0.15, -0.1) is 11.3 Å². The Morgan fingerprint density at radius 3 is 1.10 bits per heavy atom. The largest absolute Gasteiger partial charge is 0.309 e. The summed E-state index contributed by atoms with van der Waals surface area (Å²) in [6, 6.07) is 115. The maximum atomic E-state index is 2.47. The van der Waals surface area contributed by atoms with Gasteiger partial charge in [-0.1, -0.05) is 255 Å². The molecule has 0 unspecified atom stereocenters. The molecule has 0 aliphatic carbocycles. The maximum Gasteiger partial charge on any atom is 0.0541 e. The van der Waals surface area contributed by atoms with Gasteiger partial charge in [0.15, 0.2) is 0 Å². The quantitative estimate of drug-likeness (QED) is 0.140. The van der Waals surface area contributed by atoms with E-state index in [1.54, 1.807) is 0 Å². The van der Waals surface area contributed by atoms with E-state index in [-0.39, 0.29) is 0 Å². The van der Waals surface area contributed by atoms with E-state index in [2.05, 4.69) is 314 Å². The second-order valence-corrected chi connectivity index (χ2v) is 24.0. The number of aromatic nitrogens is 1. The Hall–Kier alpha value is -10.9.